The largest absolute Gasteiger partial charge is 0.333 e. The van der Waals surface area contributed by atoms with Crippen molar-refractivity contribution >= 4 is 16.9 Å². The fourth-order valence-corrected chi connectivity index (χ4v) is 3.73. The predicted octanol–water partition coefficient (Wildman–Crippen LogP) is 3.22. The van der Waals surface area contributed by atoms with Gasteiger partial charge in [0.15, 0.2) is 11.5 Å². The van der Waals surface area contributed by atoms with Crippen molar-refractivity contribution in [3.63, 3.8) is 0 Å². The van der Waals surface area contributed by atoms with E-state index in [-0.39, 0.29) is 24.9 Å². The molecule has 8 nitrogen and oxygen atoms in total. The van der Waals surface area contributed by atoms with Crippen LogP contribution in [0.15, 0.2) is 43.0 Å². The summed E-state index contributed by atoms with van der Waals surface area (Å²) in [6, 6.07) is 5.83. The van der Waals surface area contributed by atoms with Crippen molar-refractivity contribution in [1.29, 1.82) is 0 Å². The van der Waals surface area contributed by atoms with Gasteiger partial charge in [0, 0.05) is 30.1 Å². The summed E-state index contributed by atoms with van der Waals surface area (Å²) in [7, 11) is 0. The van der Waals surface area contributed by atoms with Crippen molar-refractivity contribution in [2.75, 3.05) is 13.1 Å². The third kappa shape index (κ3) is 3.62. The van der Waals surface area contributed by atoms with Crippen molar-refractivity contribution in [1.82, 2.24) is 34.8 Å². The lowest BCUT2D eigenvalue weighted by Gasteiger charge is -2.32. The van der Waals surface area contributed by atoms with E-state index in [0.29, 0.717) is 28.1 Å². The highest BCUT2D eigenvalue weighted by molar-refractivity contribution is 5.97. The van der Waals surface area contributed by atoms with Gasteiger partial charge in [-0.15, -0.1) is 0 Å². The van der Waals surface area contributed by atoms with Gasteiger partial charge in [0.2, 0.25) is 0 Å². The zero-order valence-corrected chi connectivity index (χ0v) is 16.1. The molecule has 4 aromatic rings. The van der Waals surface area contributed by atoms with Crippen LogP contribution >= 0.6 is 0 Å². The van der Waals surface area contributed by atoms with Crippen LogP contribution in [0.3, 0.4) is 0 Å². The van der Waals surface area contributed by atoms with Crippen LogP contribution in [0, 0.1) is 5.82 Å². The Labute approximate surface area is 173 Å². The number of hydrogen-bond acceptors (Lipinski definition) is 5. The van der Waals surface area contributed by atoms with Crippen molar-refractivity contribution in [3.05, 3.63) is 54.4 Å². The molecular weight excluding hydrogens is 411 g/mol. The van der Waals surface area contributed by atoms with E-state index in [4.69, 9.17) is 0 Å². The summed E-state index contributed by atoms with van der Waals surface area (Å²) in [5.74, 6) is -3.48. The average molecular weight is 427 g/mol. The van der Waals surface area contributed by atoms with Crippen molar-refractivity contribution in [2.45, 2.75) is 18.8 Å². The molecule has 0 aliphatic carbocycles. The monoisotopic (exact) mass is 427 g/mol. The number of fused-ring (bicyclic) bond motifs is 1. The molecule has 1 aromatic carbocycles. The molecule has 31 heavy (non-hydrogen) atoms. The first kappa shape index (κ1) is 19.2. The van der Waals surface area contributed by atoms with Crippen LogP contribution in [0.25, 0.3) is 28.1 Å². The smallest absolute Gasteiger partial charge is 0.265 e. The van der Waals surface area contributed by atoms with E-state index in [1.807, 2.05) is 0 Å². The molecule has 3 aromatic heterocycles. The number of hydrogen-bond donors (Lipinski definition) is 1. The van der Waals surface area contributed by atoms with Crippen LogP contribution in [-0.4, -0.2) is 59.8 Å². The summed E-state index contributed by atoms with van der Waals surface area (Å²) in [5.41, 5.74) is 1.48. The molecule has 0 spiro atoms. The summed E-state index contributed by atoms with van der Waals surface area (Å²) >= 11 is 0. The highest BCUT2D eigenvalue weighted by Gasteiger charge is 2.37. The molecule has 1 N–H and O–H groups in total. The molecule has 1 aliphatic heterocycles. The Hall–Kier alpha value is -3.76. The number of alkyl halides is 2. The number of nitrogens with zero attached hydrogens (tertiary/aromatic N) is 6. The van der Waals surface area contributed by atoms with Gasteiger partial charge in [-0.2, -0.15) is 10.2 Å². The SMILES string of the molecule is O=C(c1cnc2c(cnn2-c2cc(F)cc(-c3ncn[nH]3)c2)c1)N1CCCC(F)(F)C1. The number of amides is 1. The number of aromatic nitrogens is 6. The molecule has 158 valence electrons. The van der Waals surface area contributed by atoms with Gasteiger partial charge in [0.1, 0.15) is 12.1 Å². The van der Waals surface area contributed by atoms with Gasteiger partial charge in [0.05, 0.1) is 24.0 Å². The number of piperidine rings is 1. The highest BCUT2D eigenvalue weighted by atomic mass is 19.3. The van der Waals surface area contributed by atoms with E-state index >= 15 is 0 Å². The molecule has 1 amide bonds. The second kappa shape index (κ2) is 7.18. The number of rotatable bonds is 3. The third-order valence-corrected chi connectivity index (χ3v) is 5.15. The summed E-state index contributed by atoms with van der Waals surface area (Å²) in [6.07, 6.45) is 4.17. The molecule has 0 atom stereocenters. The number of pyridine rings is 1. The number of carbonyl (C=O) groups excluding carboxylic acids is 1. The normalized spacial score (nSPS) is 16.0. The fourth-order valence-electron chi connectivity index (χ4n) is 3.73. The summed E-state index contributed by atoms with van der Waals surface area (Å²) < 4.78 is 43.0. The minimum absolute atomic E-state index is 0.200. The van der Waals surface area contributed by atoms with Crippen LogP contribution < -0.4 is 0 Å². The van der Waals surface area contributed by atoms with Gasteiger partial charge in [-0.3, -0.25) is 9.89 Å². The lowest BCUT2D eigenvalue weighted by Crippen LogP contribution is -2.45. The van der Waals surface area contributed by atoms with Crippen LogP contribution in [0.5, 0.6) is 0 Å². The van der Waals surface area contributed by atoms with Gasteiger partial charge in [-0.25, -0.2) is 27.8 Å². The second-order valence-electron chi connectivity index (χ2n) is 7.41. The maximum Gasteiger partial charge on any atom is 0.265 e. The summed E-state index contributed by atoms with van der Waals surface area (Å²) in [5, 5.41) is 11.2. The average Bonchev–Trinajstić information content (AvgIpc) is 3.41. The standard InChI is InChI=1S/C20H16F3N7O/c21-15-5-12(17-25-11-26-28-17)6-16(7-15)30-18-13(9-27-30)4-14(8-24-18)19(31)29-3-1-2-20(22,23)10-29/h4-9,11H,1-3,10H2,(H,25,26,28). The lowest BCUT2D eigenvalue weighted by atomic mass is 10.1. The van der Waals surface area contributed by atoms with Gasteiger partial charge in [-0.05, 0) is 30.7 Å². The van der Waals surface area contributed by atoms with Gasteiger partial charge >= 0.3 is 0 Å². The molecule has 0 unspecified atom stereocenters. The Balaban J connectivity index is 1.49. The van der Waals surface area contributed by atoms with E-state index in [1.54, 1.807) is 12.1 Å². The molecule has 0 radical (unpaired) electrons. The molecule has 1 aliphatic rings. The molecule has 1 fully saturated rings. The Morgan fingerprint density at radius 3 is 2.77 bits per heavy atom. The highest BCUT2D eigenvalue weighted by Crippen LogP contribution is 2.28. The molecular formula is C20H16F3N7O. The van der Waals surface area contributed by atoms with E-state index in [9.17, 15) is 18.0 Å². The second-order valence-corrected chi connectivity index (χ2v) is 7.41. The Kier molecular flexibility index (Phi) is 4.45. The van der Waals surface area contributed by atoms with E-state index in [2.05, 4.69) is 25.3 Å². The third-order valence-electron chi connectivity index (χ3n) is 5.15. The first-order chi connectivity index (χ1) is 14.9. The lowest BCUT2D eigenvalue weighted by molar-refractivity contribution is -0.0560. The molecule has 0 saturated carbocycles. The van der Waals surface area contributed by atoms with E-state index < -0.39 is 24.2 Å². The number of nitrogens with one attached hydrogen (secondary N) is 1. The zero-order valence-electron chi connectivity index (χ0n) is 16.1. The number of benzene rings is 1. The minimum atomic E-state index is -2.88. The maximum absolute atomic E-state index is 14.2. The topological polar surface area (TPSA) is 92.6 Å². The number of carbonyl (C=O) groups is 1. The molecule has 11 heteroatoms. The predicted molar refractivity (Wildman–Crippen MR) is 104 cm³/mol. The van der Waals surface area contributed by atoms with Crippen molar-refractivity contribution in [2.24, 2.45) is 0 Å². The summed E-state index contributed by atoms with van der Waals surface area (Å²) in [6.45, 7) is -0.323. The first-order valence-corrected chi connectivity index (χ1v) is 9.57. The molecule has 0 bridgehead atoms. The van der Waals surface area contributed by atoms with E-state index in [1.165, 1.54) is 35.5 Å². The summed E-state index contributed by atoms with van der Waals surface area (Å²) in [4.78, 5) is 22.2. The number of aromatic amines is 1. The zero-order chi connectivity index (χ0) is 21.6. The fraction of sp³-hybridized carbons (Fsp3) is 0.250. The van der Waals surface area contributed by atoms with Crippen LogP contribution in [0.4, 0.5) is 13.2 Å². The van der Waals surface area contributed by atoms with Crippen LogP contribution in [-0.2, 0) is 0 Å². The van der Waals surface area contributed by atoms with Crippen LogP contribution in [0.1, 0.15) is 23.2 Å². The minimum Gasteiger partial charge on any atom is -0.333 e. The molecule has 4 heterocycles. The molecule has 1 saturated heterocycles. The van der Waals surface area contributed by atoms with Crippen molar-refractivity contribution in [3.8, 4) is 17.1 Å². The number of halogens is 3. The van der Waals surface area contributed by atoms with Crippen molar-refractivity contribution < 1.29 is 18.0 Å². The molecule has 5 rings (SSSR count). The maximum atomic E-state index is 14.2. The Morgan fingerprint density at radius 2 is 2.00 bits per heavy atom. The number of H-pyrrole nitrogens is 1. The van der Waals surface area contributed by atoms with Gasteiger partial charge in [-0.1, -0.05) is 0 Å². The Bertz CT molecular complexity index is 1270. The van der Waals surface area contributed by atoms with Crippen LogP contribution in [0.2, 0.25) is 0 Å². The number of likely N-dealkylation sites (tertiary alicyclic amines) is 1. The van der Waals surface area contributed by atoms with E-state index in [0.717, 1.165) is 4.90 Å². The van der Waals surface area contributed by atoms with Gasteiger partial charge < -0.3 is 4.90 Å². The Morgan fingerprint density at radius 1 is 1.13 bits per heavy atom. The first-order valence-electron chi connectivity index (χ1n) is 9.57. The quantitative estimate of drug-likeness (QED) is 0.542. The van der Waals surface area contributed by atoms with Gasteiger partial charge in [0.25, 0.3) is 11.8 Å².